The first-order valence-corrected chi connectivity index (χ1v) is 7.27. The van der Waals surface area contributed by atoms with Crippen molar-refractivity contribution in [2.45, 2.75) is 32.7 Å². The van der Waals surface area contributed by atoms with Crippen molar-refractivity contribution in [3.8, 4) is 0 Å². The van der Waals surface area contributed by atoms with E-state index in [0.29, 0.717) is 18.0 Å². The SMILES string of the molecule is CCC(C)C1NC(=O)CCN(c2ccc(Cl)cc2)C1=O. The number of carbonyl (C=O) groups is 2. The smallest absolute Gasteiger partial charge is 0.249 e. The molecule has 1 aliphatic heterocycles. The molecule has 2 atom stereocenters. The van der Waals surface area contributed by atoms with Gasteiger partial charge in [0.05, 0.1) is 0 Å². The summed E-state index contributed by atoms with van der Waals surface area (Å²) in [4.78, 5) is 26.1. The first-order chi connectivity index (χ1) is 9.52. The lowest BCUT2D eigenvalue weighted by molar-refractivity contribution is -0.126. The summed E-state index contributed by atoms with van der Waals surface area (Å²) in [5.74, 6) is -0.00742. The maximum Gasteiger partial charge on any atom is 0.249 e. The maximum absolute atomic E-state index is 12.7. The molecule has 1 saturated heterocycles. The van der Waals surface area contributed by atoms with E-state index in [1.165, 1.54) is 0 Å². The minimum absolute atomic E-state index is 0.0486. The van der Waals surface area contributed by atoms with Crippen LogP contribution >= 0.6 is 11.6 Å². The molecule has 0 spiro atoms. The molecule has 20 heavy (non-hydrogen) atoms. The fourth-order valence-electron chi connectivity index (χ4n) is 2.30. The lowest BCUT2D eigenvalue weighted by Crippen LogP contribution is -2.48. The van der Waals surface area contributed by atoms with Crippen molar-refractivity contribution in [3.05, 3.63) is 29.3 Å². The van der Waals surface area contributed by atoms with Crippen LogP contribution in [0.4, 0.5) is 5.69 Å². The molecule has 2 unspecified atom stereocenters. The fraction of sp³-hybridized carbons (Fsp3) is 0.467. The average Bonchev–Trinajstić information content (AvgIpc) is 2.59. The Bertz CT molecular complexity index is 501. The van der Waals surface area contributed by atoms with Crippen LogP contribution in [0, 0.1) is 5.92 Å². The lowest BCUT2D eigenvalue weighted by atomic mass is 9.98. The van der Waals surface area contributed by atoms with Gasteiger partial charge in [-0.1, -0.05) is 31.9 Å². The molecule has 1 heterocycles. The number of rotatable bonds is 3. The molecule has 2 rings (SSSR count). The Kier molecular flexibility index (Phi) is 4.65. The number of benzene rings is 1. The summed E-state index contributed by atoms with van der Waals surface area (Å²) in [5.41, 5.74) is 0.782. The van der Waals surface area contributed by atoms with Gasteiger partial charge in [0.25, 0.3) is 0 Å². The molecule has 1 fully saturated rings. The van der Waals surface area contributed by atoms with Crippen LogP contribution in [-0.4, -0.2) is 24.4 Å². The van der Waals surface area contributed by atoms with Crippen LogP contribution in [-0.2, 0) is 9.59 Å². The third-order valence-electron chi connectivity index (χ3n) is 3.76. The average molecular weight is 295 g/mol. The van der Waals surface area contributed by atoms with E-state index in [1.54, 1.807) is 17.0 Å². The van der Waals surface area contributed by atoms with Crippen LogP contribution < -0.4 is 10.2 Å². The van der Waals surface area contributed by atoms with Gasteiger partial charge in [-0.2, -0.15) is 0 Å². The lowest BCUT2D eigenvalue weighted by Gasteiger charge is -2.27. The second-order valence-corrected chi connectivity index (χ2v) is 5.58. The van der Waals surface area contributed by atoms with Gasteiger partial charge in [-0.3, -0.25) is 9.59 Å². The van der Waals surface area contributed by atoms with Crippen molar-refractivity contribution >= 4 is 29.1 Å². The van der Waals surface area contributed by atoms with Gasteiger partial charge in [0.2, 0.25) is 11.8 Å². The van der Waals surface area contributed by atoms with Crippen molar-refractivity contribution in [2.75, 3.05) is 11.4 Å². The van der Waals surface area contributed by atoms with Crippen LogP contribution in [0.5, 0.6) is 0 Å². The molecule has 4 nitrogen and oxygen atoms in total. The van der Waals surface area contributed by atoms with Crippen LogP contribution in [0.3, 0.4) is 0 Å². The van der Waals surface area contributed by atoms with Crippen molar-refractivity contribution in [2.24, 2.45) is 5.92 Å². The molecule has 0 aliphatic carbocycles. The van der Waals surface area contributed by atoms with Gasteiger partial charge in [0.15, 0.2) is 0 Å². The van der Waals surface area contributed by atoms with Crippen LogP contribution in [0.1, 0.15) is 26.7 Å². The Morgan fingerprint density at radius 2 is 2.00 bits per heavy atom. The van der Waals surface area contributed by atoms with Crippen molar-refractivity contribution in [1.82, 2.24) is 5.32 Å². The van der Waals surface area contributed by atoms with Gasteiger partial charge in [-0.15, -0.1) is 0 Å². The zero-order valence-corrected chi connectivity index (χ0v) is 12.5. The third-order valence-corrected chi connectivity index (χ3v) is 4.01. The highest BCUT2D eigenvalue weighted by Gasteiger charge is 2.33. The van der Waals surface area contributed by atoms with Crippen molar-refractivity contribution in [1.29, 1.82) is 0 Å². The number of anilines is 1. The minimum atomic E-state index is -0.453. The Morgan fingerprint density at radius 1 is 1.35 bits per heavy atom. The monoisotopic (exact) mass is 294 g/mol. The largest absolute Gasteiger partial charge is 0.344 e. The van der Waals surface area contributed by atoms with E-state index in [4.69, 9.17) is 11.6 Å². The number of nitrogens with one attached hydrogen (secondary N) is 1. The summed E-state index contributed by atoms with van der Waals surface area (Å²) in [6.07, 6.45) is 1.16. The van der Waals surface area contributed by atoms with Crippen molar-refractivity contribution < 1.29 is 9.59 Å². The predicted molar refractivity (Wildman–Crippen MR) is 79.8 cm³/mol. The van der Waals surface area contributed by atoms with E-state index in [1.807, 2.05) is 26.0 Å². The highest BCUT2D eigenvalue weighted by atomic mass is 35.5. The standard InChI is InChI=1S/C15H19ClN2O2/c1-3-10(2)14-15(20)18(9-8-13(19)17-14)12-6-4-11(16)5-7-12/h4-7,10,14H,3,8-9H2,1-2H3,(H,17,19). The second kappa shape index (κ2) is 6.27. The summed E-state index contributed by atoms with van der Waals surface area (Å²) in [5, 5.41) is 3.46. The molecule has 2 amide bonds. The summed E-state index contributed by atoms with van der Waals surface area (Å²) in [7, 11) is 0. The zero-order valence-electron chi connectivity index (χ0n) is 11.7. The number of amides is 2. The molecular weight excluding hydrogens is 276 g/mol. The molecule has 108 valence electrons. The van der Waals surface area contributed by atoms with Crippen LogP contribution in [0.2, 0.25) is 5.02 Å². The third kappa shape index (κ3) is 3.12. The topological polar surface area (TPSA) is 49.4 Å². The van der Waals surface area contributed by atoms with E-state index >= 15 is 0 Å². The van der Waals surface area contributed by atoms with Gasteiger partial charge in [0.1, 0.15) is 6.04 Å². The fourth-order valence-corrected chi connectivity index (χ4v) is 2.42. The molecule has 1 N–H and O–H groups in total. The van der Waals surface area contributed by atoms with E-state index in [-0.39, 0.29) is 17.7 Å². The van der Waals surface area contributed by atoms with Gasteiger partial charge in [-0.05, 0) is 30.2 Å². The quantitative estimate of drug-likeness (QED) is 0.931. The number of carbonyl (C=O) groups excluding carboxylic acids is 2. The van der Waals surface area contributed by atoms with Crippen LogP contribution in [0.15, 0.2) is 24.3 Å². The molecule has 5 heteroatoms. The van der Waals surface area contributed by atoms with E-state index in [0.717, 1.165) is 12.1 Å². The first-order valence-electron chi connectivity index (χ1n) is 6.89. The molecule has 0 bridgehead atoms. The van der Waals surface area contributed by atoms with Gasteiger partial charge in [0, 0.05) is 23.7 Å². The molecular formula is C15H19ClN2O2. The molecule has 1 aromatic rings. The van der Waals surface area contributed by atoms with Crippen LogP contribution in [0.25, 0.3) is 0 Å². The molecule has 0 radical (unpaired) electrons. The van der Waals surface area contributed by atoms with Gasteiger partial charge in [-0.25, -0.2) is 0 Å². The number of nitrogens with zero attached hydrogens (tertiary/aromatic N) is 1. The molecule has 1 aromatic carbocycles. The Labute approximate surface area is 124 Å². The summed E-state index contributed by atoms with van der Waals surface area (Å²) in [6.45, 7) is 4.40. The van der Waals surface area contributed by atoms with E-state index < -0.39 is 6.04 Å². The number of hydrogen-bond donors (Lipinski definition) is 1. The normalized spacial score (nSPS) is 21.4. The summed E-state index contributed by atoms with van der Waals surface area (Å²) < 4.78 is 0. The van der Waals surface area contributed by atoms with Gasteiger partial charge < -0.3 is 10.2 Å². The predicted octanol–water partition coefficient (Wildman–Crippen LogP) is 2.61. The second-order valence-electron chi connectivity index (χ2n) is 5.15. The minimum Gasteiger partial charge on any atom is -0.344 e. The number of hydrogen-bond acceptors (Lipinski definition) is 2. The zero-order chi connectivity index (χ0) is 14.7. The Hall–Kier alpha value is -1.55. The summed E-state index contributed by atoms with van der Waals surface area (Å²) >= 11 is 5.87. The van der Waals surface area contributed by atoms with Crippen molar-refractivity contribution in [3.63, 3.8) is 0 Å². The highest BCUT2D eigenvalue weighted by Crippen LogP contribution is 2.22. The highest BCUT2D eigenvalue weighted by molar-refractivity contribution is 6.30. The van der Waals surface area contributed by atoms with E-state index in [2.05, 4.69) is 5.32 Å². The Balaban J connectivity index is 2.29. The first kappa shape index (κ1) is 14.9. The van der Waals surface area contributed by atoms with E-state index in [9.17, 15) is 9.59 Å². The molecule has 0 aromatic heterocycles. The number of halogens is 1. The Morgan fingerprint density at radius 3 is 2.60 bits per heavy atom. The molecule has 0 saturated carbocycles. The maximum atomic E-state index is 12.7. The van der Waals surface area contributed by atoms with Gasteiger partial charge >= 0.3 is 0 Å². The molecule has 1 aliphatic rings. The summed E-state index contributed by atoms with van der Waals surface area (Å²) in [6, 6.07) is 6.67.